The van der Waals surface area contributed by atoms with Gasteiger partial charge in [0.15, 0.2) is 5.82 Å². The van der Waals surface area contributed by atoms with Gasteiger partial charge in [-0.3, -0.25) is 4.39 Å². The first-order valence-corrected chi connectivity index (χ1v) is 8.70. The van der Waals surface area contributed by atoms with Crippen LogP contribution in [0.5, 0.6) is 0 Å². The van der Waals surface area contributed by atoms with Crippen LogP contribution in [0.2, 0.25) is 0 Å². The summed E-state index contributed by atoms with van der Waals surface area (Å²) >= 11 is 0. The maximum absolute atomic E-state index is 13.3. The van der Waals surface area contributed by atoms with Crippen molar-refractivity contribution in [1.82, 2.24) is 14.8 Å². The average Bonchev–Trinajstić information content (AvgIpc) is 3.13. The van der Waals surface area contributed by atoms with Gasteiger partial charge in [-0.2, -0.15) is 18.3 Å². The summed E-state index contributed by atoms with van der Waals surface area (Å²) in [6, 6.07) is 19.5. The number of hydrogen-bond acceptors (Lipinski definition) is 2. The molecule has 4 aromatic rings. The molecular weight excluding hydrogens is 574 g/mol. The van der Waals surface area contributed by atoms with Gasteiger partial charge < -0.3 is 4.57 Å². The number of halogens is 4. The minimum absolute atomic E-state index is 0. The molecule has 0 amide bonds. The monoisotopic (exact) mass is 589 g/mol. The Morgan fingerprint density at radius 2 is 1.60 bits per heavy atom. The van der Waals surface area contributed by atoms with E-state index in [4.69, 9.17) is 0 Å². The summed E-state index contributed by atoms with van der Waals surface area (Å²) in [6.45, 7) is 1.59. The zero-order valence-electron chi connectivity index (χ0n) is 15.5. The zero-order valence-corrected chi connectivity index (χ0v) is 17.9. The van der Waals surface area contributed by atoms with Crippen molar-refractivity contribution in [3.8, 4) is 28.5 Å². The topological polar surface area (TPSA) is 30.7 Å². The van der Waals surface area contributed by atoms with Crippen LogP contribution in [-0.4, -0.2) is 14.8 Å². The van der Waals surface area contributed by atoms with Crippen molar-refractivity contribution in [2.45, 2.75) is 13.1 Å². The van der Waals surface area contributed by atoms with Gasteiger partial charge in [-0.15, -0.1) is 34.9 Å². The van der Waals surface area contributed by atoms with Gasteiger partial charge >= 0.3 is 6.18 Å². The molecule has 1 radical (unpaired) electrons. The van der Waals surface area contributed by atoms with E-state index in [9.17, 15) is 17.6 Å². The Labute approximate surface area is 183 Å². The van der Waals surface area contributed by atoms with Crippen molar-refractivity contribution in [3.63, 3.8) is 0 Å². The fourth-order valence-corrected chi connectivity index (χ4v) is 3.09. The van der Waals surface area contributed by atoms with E-state index in [0.717, 1.165) is 12.1 Å². The van der Waals surface area contributed by atoms with E-state index >= 15 is 0 Å². The fourth-order valence-electron chi connectivity index (χ4n) is 3.09. The molecule has 0 aliphatic heterocycles. The molecule has 30 heavy (non-hydrogen) atoms. The number of aromatic nitrogens is 3. The molecule has 0 unspecified atom stereocenters. The molecule has 1 aromatic heterocycles. The average molecular weight is 589 g/mol. The van der Waals surface area contributed by atoms with E-state index in [0.29, 0.717) is 22.6 Å². The number of rotatable bonds is 3. The van der Waals surface area contributed by atoms with Crippen molar-refractivity contribution < 1.29 is 37.7 Å². The standard InChI is InChI=1S/C22H14F4N3.Ir/c1-14-11-16(13-17(12-14)22(24,25)26)21-28-27-20(15-7-9-18(23)10-8-15)29(21)19-5-3-2-4-6-19;/h2-7,9-13H,1H3;/q-1;. The normalized spacial score (nSPS) is 11.2. The number of hydrogen-bond donors (Lipinski definition) is 0. The summed E-state index contributed by atoms with van der Waals surface area (Å²) in [7, 11) is 0. The van der Waals surface area contributed by atoms with Crippen LogP contribution in [0.3, 0.4) is 0 Å². The van der Waals surface area contributed by atoms with Crippen LogP contribution in [0, 0.1) is 18.8 Å². The minimum Gasteiger partial charge on any atom is -0.316 e. The Morgan fingerprint density at radius 1 is 0.900 bits per heavy atom. The summed E-state index contributed by atoms with van der Waals surface area (Å²) < 4.78 is 54.9. The number of aryl methyl sites for hydroxylation is 1. The van der Waals surface area contributed by atoms with Gasteiger partial charge in [0.2, 0.25) is 0 Å². The molecule has 0 spiro atoms. The van der Waals surface area contributed by atoms with Gasteiger partial charge in [0.05, 0.1) is 11.4 Å². The number of alkyl halides is 3. The molecule has 0 saturated heterocycles. The number of benzene rings is 3. The predicted molar refractivity (Wildman–Crippen MR) is 101 cm³/mol. The Bertz CT molecular complexity index is 1150. The van der Waals surface area contributed by atoms with Crippen LogP contribution in [0.25, 0.3) is 28.5 Å². The molecule has 3 nitrogen and oxygen atoms in total. The summed E-state index contributed by atoms with van der Waals surface area (Å²) in [4.78, 5) is 0. The summed E-state index contributed by atoms with van der Waals surface area (Å²) in [5.41, 5.74) is 1.10. The molecule has 4 rings (SSSR count). The van der Waals surface area contributed by atoms with Crippen molar-refractivity contribution in [2.75, 3.05) is 0 Å². The first kappa shape index (κ1) is 21.9. The molecule has 0 N–H and O–H groups in total. The molecular formula is C22H14F4IrN3-. The van der Waals surface area contributed by atoms with Crippen molar-refractivity contribution in [3.05, 3.63) is 89.7 Å². The first-order chi connectivity index (χ1) is 13.8. The minimum atomic E-state index is -4.48. The van der Waals surface area contributed by atoms with Crippen LogP contribution in [0.1, 0.15) is 11.1 Å². The Hall–Kier alpha value is -2.83. The molecule has 0 aliphatic carbocycles. The molecule has 8 heteroatoms. The van der Waals surface area contributed by atoms with Crippen LogP contribution >= 0.6 is 0 Å². The Balaban J connectivity index is 0.00000256. The summed E-state index contributed by atoms with van der Waals surface area (Å²) in [5.74, 6) is 0.146. The molecule has 0 bridgehead atoms. The van der Waals surface area contributed by atoms with E-state index < -0.39 is 17.6 Å². The Kier molecular flexibility index (Phi) is 6.19. The van der Waals surface area contributed by atoms with E-state index in [2.05, 4.69) is 16.3 Å². The third-order valence-electron chi connectivity index (χ3n) is 4.36. The van der Waals surface area contributed by atoms with E-state index in [-0.39, 0.29) is 31.5 Å². The molecule has 0 fully saturated rings. The molecule has 1 heterocycles. The van der Waals surface area contributed by atoms with Gasteiger partial charge in [0, 0.05) is 37.2 Å². The smallest absolute Gasteiger partial charge is 0.316 e. The van der Waals surface area contributed by atoms with Crippen LogP contribution in [0.15, 0.2) is 66.7 Å². The van der Waals surface area contributed by atoms with Crippen LogP contribution < -0.4 is 0 Å². The zero-order chi connectivity index (χ0) is 20.6. The Morgan fingerprint density at radius 3 is 2.23 bits per heavy atom. The molecule has 0 saturated carbocycles. The maximum atomic E-state index is 13.3. The third-order valence-corrected chi connectivity index (χ3v) is 4.36. The van der Waals surface area contributed by atoms with E-state index in [1.165, 1.54) is 18.2 Å². The number of para-hydroxylation sites is 1. The van der Waals surface area contributed by atoms with Crippen molar-refractivity contribution in [1.29, 1.82) is 0 Å². The van der Waals surface area contributed by atoms with Gasteiger partial charge in [-0.05, 0) is 42.8 Å². The first-order valence-electron chi connectivity index (χ1n) is 8.70. The van der Waals surface area contributed by atoms with Crippen molar-refractivity contribution >= 4 is 0 Å². The molecule has 0 atom stereocenters. The molecule has 155 valence electrons. The van der Waals surface area contributed by atoms with Crippen molar-refractivity contribution in [2.24, 2.45) is 0 Å². The van der Waals surface area contributed by atoms with Gasteiger partial charge in [0.25, 0.3) is 0 Å². The second kappa shape index (κ2) is 8.50. The molecule has 3 aromatic carbocycles. The largest absolute Gasteiger partial charge is 0.416 e. The molecule has 0 aliphatic rings. The summed E-state index contributed by atoms with van der Waals surface area (Å²) in [5, 5.41) is 8.33. The second-order valence-corrected chi connectivity index (χ2v) is 6.52. The van der Waals surface area contributed by atoms with Crippen LogP contribution in [-0.2, 0) is 26.3 Å². The second-order valence-electron chi connectivity index (χ2n) is 6.52. The SMILES string of the molecule is Cc1cc(-c2nnc(-c3[c-]cc(F)cc3)n2-c2ccccc2)cc(C(F)(F)F)c1.[Ir]. The van der Waals surface area contributed by atoms with Crippen LogP contribution in [0.4, 0.5) is 17.6 Å². The third kappa shape index (κ3) is 4.35. The van der Waals surface area contributed by atoms with E-state index in [1.54, 1.807) is 41.8 Å². The quantitative estimate of drug-likeness (QED) is 0.222. The maximum Gasteiger partial charge on any atom is 0.416 e. The van der Waals surface area contributed by atoms with Gasteiger partial charge in [-0.25, -0.2) is 0 Å². The number of nitrogens with zero attached hydrogens (tertiary/aromatic N) is 3. The fraction of sp³-hybridized carbons (Fsp3) is 0.0909. The van der Waals surface area contributed by atoms with Gasteiger partial charge in [-0.1, -0.05) is 18.2 Å². The summed E-state index contributed by atoms with van der Waals surface area (Å²) in [6.07, 6.45) is -4.48. The van der Waals surface area contributed by atoms with Gasteiger partial charge in [0.1, 0.15) is 0 Å². The van der Waals surface area contributed by atoms with E-state index in [1.807, 2.05) is 6.07 Å². The predicted octanol–water partition coefficient (Wildman–Crippen LogP) is 5.87.